The molecule has 16 heteroatoms. The molecule has 0 bridgehead atoms. The zero-order valence-corrected chi connectivity index (χ0v) is 21.0. The van der Waals surface area contributed by atoms with Gasteiger partial charge in [0.1, 0.15) is 121 Å². The molecule has 150 valence electrons. The van der Waals surface area contributed by atoms with Crippen molar-refractivity contribution in [2.45, 2.75) is 0 Å². The monoisotopic (exact) mass is 473 g/mol. The van der Waals surface area contributed by atoms with Gasteiger partial charge in [-0.2, -0.15) is 0 Å². The summed E-state index contributed by atoms with van der Waals surface area (Å²) >= 11 is 0. The number of furan rings is 1. The van der Waals surface area contributed by atoms with Gasteiger partial charge >= 0.3 is 0 Å². The Kier molecular flexibility index (Phi) is 6.16. The highest BCUT2D eigenvalue weighted by molar-refractivity contribution is 6.71. The molecule has 0 aliphatic heterocycles. The van der Waals surface area contributed by atoms with Crippen molar-refractivity contribution < 1.29 is 4.42 Å². The summed E-state index contributed by atoms with van der Waals surface area (Å²) in [5.41, 5.74) is 2.39. The summed E-state index contributed by atoms with van der Waals surface area (Å²) in [6.45, 7) is 0. The molecular weight excluding hydrogens is 470 g/mol. The van der Waals surface area contributed by atoms with Crippen molar-refractivity contribution in [3.05, 3.63) is 0 Å². The van der Waals surface area contributed by atoms with Crippen molar-refractivity contribution >= 4 is 230 Å². The molecular formula is C24HB14NO. The van der Waals surface area contributed by atoms with Gasteiger partial charge in [-0.25, -0.2) is 0 Å². The van der Waals surface area contributed by atoms with Gasteiger partial charge in [0.25, 0.3) is 0 Å². The molecule has 6 rings (SSSR count). The summed E-state index contributed by atoms with van der Waals surface area (Å²) in [5, 5.41) is 1.34. The largest absolute Gasteiger partial charge is 0.457 e. The third-order valence-electron chi connectivity index (χ3n) is 7.66. The van der Waals surface area contributed by atoms with E-state index in [9.17, 15) is 0 Å². The van der Waals surface area contributed by atoms with Gasteiger partial charge in [0, 0.05) is 21.8 Å². The minimum atomic E-state index is -0.00295. The maximum atomic E-state index is 6.84. The van der Waals surface area contributed by atoms with Crippen LogP contribution in [0.5, 0.6) is 0 Å². The van der Waals surface area contributed by atoms with Gasteiger partial charge in [0.2, 0.25) is 0 Å². The van der Waals surface area contributed by atoms with Crippen LogP contribution >= 0.6 is 0 Å². The number of H-pyrrole nitrogens is 1. The lowest BCUT2D eigenvalue weighted by atomic mass is 9.61. The fourth-order valence-corrected chi connectivity index (χ4v) is 5.46. The van der Waals surface area contributed by atoms with Crippen LogP contribution < -0.4 is 76.5 Å². The summed E-state index contributed by atoms with van der Waals surface area (Å²) < 4.78 is 6.06. The molecule has 1 N–H and O–H groups in total. The normalized spacial score (nSPS) is 11.9. The molecule has 4 aromatic carbocycles. The van der Waals surface area contributed by atoms with E-state index in [1.165, 1.54) is 0 Å². The van der Waals surface area contributed by atoms with Crippen LogP contribution in [0, 0.1) is 0 Å². The molecule has 40 heavy (non-hydrogen) atoms. The van der Waals surface area contributed by atoms with Crippen molar-refractivity contribution in [3.8, 4) is 11.1 Å². The van der Waals surface area contributed by atoms with Crippen molar-refractivity contribution in [3.63, 3.8) is 0 Å². The predicted octanol–water partition coefficient (Wildman–Crippen LogP) is -10.00. The molecule has 0 spiro atoms. The fraction of sp³-hybridized carbons (Fsp3) is 0. The van der Waals surface area contributed by atoms with E-state index < -0.39 is 0 Å². The van der Waals surface area contributed by atoms with Gasteiger partial charge in [-0.3, -0.25) is 0 Å². The molecule has 0 saturated carbocycles. The Bertz CT molecular complexity index is 2160. The smallest absolute Gasteiger partial charge is 0.128 e. The first-order valence-electron chi connectivity index (χ1n) is 11.7. The Morgan fingerprint density at radius 3 is 1.25 bits per heavy atom. The Hall–Kier alpha value is -2.61. The molecule has 2 nitrogen and oxygen atoms in total. The number of aromatic nitrogens is 1. The Morgan fingerprint density at radius 2 is 0.675 bits per heavy atom. The van der Waals surface area contributed by atoms with Gasteiger partial charge in [0.15, 0.2) is 0 Å². The Morgan fingerprint density at radius 1 is 0.300 bits per heavy atom. The number of rotatable bonds is 1. The quantitative estimate of drug-likeness (QED) is 0.238. The highest BCUT2D eigenvalue weighted by atomic mass is 16.3. The number of benzene rings is 4. The summed E-state index contributed by atoms with van der Waals surface area (Å²) in [4.78, 5) is 3.12. The number of aromatic amines is 1. The van der Waals surface area contributed by atoms with E-state index in [4.69, 9.17) is 114 Å². The second-order valence-corrected chi connectivity index (χ2v) is 9.68. The summed E-state index contributed by atoms with van der Waals surface area (Å²) in [7, 11) is 89.1. The lowest BCUT2D eigenvalue weighted by molar-refractivity contribution is 0.675. The minimum absolute atomic E-state index is 0.00295. The van der Waals surface area contributed by atoms with Gasteiger partial charge in [-0.05, 0) is 21.9 Å². The van der Waals surface area contributed by atoms with E-state index in [1.54, 1.807) is 0 Å². The SMILES string of the molecule is [B]c1c([B])c([B])c2c([nH]c3c([B])c([B])c(-c4c([B])c([B])c([B])c5oc6c([B])c([B])c([B])c([B])c6c45)c([B])c32)c1[B]. The number of fused-ring (bicyclic) bond motifs is 6. The molecule has 28 radical (unpaired) electrons. The van der Waals surface area contributed by atoms with Gasteiger partial charge in [-0.15, -0.1) is 27.3 Å². The van der Waals surface area contributed by atoms with Crippen molar-refractivity contribution in [1.29, 1.82) is 0 Å². The van der Waals surface area contributed by atoms with Gasteiger partial charge in [0.05, 0.1) is 0 Å². The zero-order valence-electron chi connectivity index (χ0n) is 21.0. The lowest BCUT2D eigenvalue weighted by Crippen LogP contribution is -2.48. The topological polar surface area (TPSA) is 28.9 Å². The Balaban J connectivity index is 1.93. The lowest BCUT2D eigenvalue weighted by Gasteiger charge is -2.23. The van der Waals surface area contributed by atoms with Crippen LogP contribution in [0.15, 0.2) is 4.42 Å². The van der Waals surface area contributed by atoms with Crippen LogP contribution in [-0.2, 0) is 0 Å². The first-order valence-corrected chi connectivity index (χ1v) is 11.7. The molecule has 0 saturated heterocycles. The van der Waals surface area contributed by atoms with Crippen molar-refractivity contribution in [2.75, 3.05) is 0 Å². The third kappa shape index (κ3) is 3.26. The minimum Gasteiger partial charge on any atom is -0.457 e. The fourth-order valence-electron chi connectivity index (χ4n) is 5.46. The van der Waals surface area contributed by atoms with Crippen LogP contribution in [-0.4, -0.2) is 115 Å². The zero-order chi connectivity index (χ0) is 29.3. The van der Waals surface area contributed by atoms with Crippen LogP contribution in [0.3, 0.4) is 0 Å². The standard InChI is InChI=1S/C24HB14NO/c25-7-3(9(27)17(35)21-4(7)5-10(28)12(30)15(33)18(36)22(5)39-21)1-2-6-11(29)13(31)16(34)20(38)24(6)40-23(2)19(37)14(32)8(1)26/h39H. The van der Waals surface area contributed by atoms with E-state index in [1.807, 2.05) is 0 Å². The van der Waals surface area contributed by atoms with Crippen molar-refractivity contribution in [1.82, 2.24) is 4.98 Å². The molecule has 0 aliphatic carbocycles. The number of hydrogen-bond acceptors (Lipinski definition) is 1. The summed E-state index contributed by atoms with van der Waals surface area (Å²) in [5.74, 6) is 0. The van der Waals surface area contributed by atoms with E-state index in [0.717, 1.165) is 0 Å². The first-order chi connectivity index (χ1) is 18.7. The van der Waals surface area contributed by atoms with E-state index in [-0.39, 0.29) is 104 Å². The number of hydrogen-bond donors (Lipinski definition) is 1. The second kappa shape index (κ2) is 8.94. The average molecular weight is 471 g/mol. The molecule has 0 fully saturated rings. The maximum Gasteiger partial charge on any atom is 0.128 e. The van der Waals surface area contributed by atoms with E-state index in [0.29, 0.717) is 27.2 Å². The molecule has 0 amide bonds. The van der Waals surface area contributed by atoms with Crippen LogP contribution in [0.25, 0.3) is 54.9 Å². The molecule has 2 heterocycles. The summed E-state index contributed by atoms with van der Waals surface area (Å²) in [6.07, 6.45) is 0. The molecule has 6 aromatic rings. The Labute approximate surface area is 249 Å². The van der Waals surface area contributed by atoms with Crippen LogP contribution in [0.1, 0.15) is 0 Å². The maximum absolute atomic E-state index is 6.84. The first kappa shape index (κ1) is 27.6. The number of nitrogens with one attached hydrogen (secondary N) is 1. The van der Waals surface area contributed by atoms with Gasteiger partial charge in [-0.1, -0.05) is 49.2 Å². The molecule has 2 aromatic heterocycles. The van der Waals surface area contributed by atoms with Gasteiger partial charge < -0.3 is 9.40 Å². The molecule has 0 unspecified atom stereocenters. The van der Waals surface area contributed by atoms with Crippen LogP contribution in [0.4, 0.5) is 0 Å². The second-order valence-electron chi connectivity index (χ2n) is 9.68. The predicted molar refractivity (Wildman–Crippen MR) is 184 cm³/mol. The highest BCUT2D eigenvalue weighted by Crippen LogP contribution is 2.32. The molecule has 0 atom stereocenters. The highest BCUT2D eigenvalue weighted by Gasteiger charge is 2.26. The third-order valence-corrected chi connectivity index (χ3v) is 7.66. The summed E-state index contributed by atoms with van der Waals surface area (Å²) in [6, 6.07) is 0. The van der Waals surface area contributed by atoms with E-state index >= 15 is 0 Å². The van der Waals surface area contributed by atoms with E-state index in [2.05, 4.69) is 4.98 Å². The average Bonchev–Trinajstić information content (AvgIpc) is 3.53. The van der Waals surface area contributed by atoms with Crippen molar-refractivity contribution in [2.24, 2.45) is 0 Å². The molecule has 0 aliphatic rings. The van der Waals surface area contributed by atoms with Crippen LogP contribution in [0.2, 0.25) is 0 Å².